The Balaban J connectivity index is 2.95. The smallest absolute Gasteiger partial charge is 0.214 e. The van der Waals surface area contributed by atoms with E-state index in [9.17, 15) is 14.0 Å². The Kier molecular flexibility index (Phi) is 1.26. The molecule has 0 aromatic heterocycles. The summed E-state index contributed by atoms with van der Waals surface area (Å²) in [6, 6.07) is 0. The van der Waals surface area contributed by atoms with Crippen LogP contribution in [0.3, 0.4) is 0 Å². The number of hydrogen-bond acceptors (Lipinski definition) is 2. The minimum atomic E-state index is -0.984. The highest BCUT2D eigenvalue weighted by molar-refractivity contribution is 6.16. The van der Waals surface area contributed by atoms with Crippen LogP contribution in [0, 0.1) is 0 Å². The van der Waals surface area contributed by atoms with Gasteiger partial charge in [-0.1, -0.05) is 0 Å². The predicted molar refractivity (Wildman–Crippen MR) is 28.3 cm³/mol. The molecule has 46 valence electrons. The number of ketones is 2. The summed E-state index contributed by atoms with van der Waals surface area (Å²) in [7, 11) is 0. The van der Waals surface area contributed by atoms with Crippen LogP contribution < -0.4 is 0 Å². The minimum Gasteiger partial charge on any atom is -0.290 e. The Morgan fingerprint density at radius 2 is 1.89 bits per heavy atom. The van der Waals surface area contributed by atoms with E-state index >= 15 is 0 Å². The summed E-state index contributed by atoms with van der Waals surface area (Å²) in [5, 5.41) is 0. The van der Waals surface area contributed by atoms with Crippen molar-refractivity contribution >= 4 is 11.6 Å². The summed E-state index contributed by atoms with van der Waals surface area (Å²) in [6.45, 7) is 0. The minimum absolute atomic E-state index is 0.480. The summed E-state index contributed by atoms with van der Waals surface area (Å²) >= 11 is 0. The zero-order valence-corrected chi connectivity index (χ0v) is 4.43. The standard InChI is InChI=1S/C6H3FO2/c7-5-3-4(8)1-2-6(5)9/h1-3H. The molecule has 0 atom stereocenters. The van der Waals surface area contributed by atoms with Crippen LogP contribution in [0.15, 0.2) is 24.1 Å². The zero-order valence-electron chi connectivity index (χ0n) is 4.43. The molecule has 0 heterocycles. The molecule has 0 radical (unpaired) electrons. The van der Waals surface area contributed by atoms with E-state index in [0.717, 1.165) is 12.2 Å². The molecule has 0 aromatic rings. The van der Waals surface area contributed by atoms with Crippen molar-refractivity contribution < 1.29 is 14.0 Å². The first-order chi connectivity index (χ1) is 4.20. The predicted octanol–water partition coefficient (Wildman–Crippen LogP) is 0.548. The summed E-state index contributed by atoms with van der Waals surface area (Å²) in [4.78, 5) is 20.5. The third kappa shape index (κ3) is 1.10. The van der Waals surface area contributed by atoms with Gasteiger partial charge in [0.2, 0.25) is 5.78 Å². The van der Waals surface area contributed by atoms with Gasteiger partial charge >= 0.3 is 0 Å². The van der Waals surface area contributed by atoms with E-state index in [4.69, 9.17) is 0 Å². The SMILES string of the molecule is O=C1C=CC(=O)C(F)=C1. The van der Waals surface area contributed by atoms with E-state index in [-0.39, 0.29) is 0 Å². The molecule has 9 heavy (non-hydrogen) atoms. The molecule has 0 saturated heterocycles. The van der Waals surface area contributed by atoms with E-state index in [0.29, 0.717) is 6.08 Å². The molecule has 3 heteroatoms. The molecule has 0 amide bonds. The van der Waals surface area contributed by atoms with E-state index in [1.54, 1.807) is 0 Å². The van der Waals surface area contributed by atoms with Gasteiger partial charge in [-0.3, -0.25) is 9.59 Å². The second kappa shape index (κ2) is 1.93. The van der Waals surface area contributed by atoms with Gasteiger partial charge in [-0.05, 0) is 12.2 Å². The second-order valence-electron chi connectivity index (χ2n) is 1.59. The van der Waals surface area contributed by atoms with Crippen LogP contribution >= 0.6 is 0 Å². The van der Waals surface area contributed by atoms with Gasteiger partial charge in [0.15, 0.2) is 11.6 Å². The normalized spacial score (nSPS) is 18.1. The molecular weight excluding hydrogens is 123 g/mol. The average Bonchev–Trinajstić information content (AvgIpc) is 1.80. The summed E-state index contributed by atoms with van der Waals surface area (Å²) in [5.74, 6) is -2.20. The molecule has 1 aliphatic rings. The van der Waals surface area contributed by atoms with Crippen LogP contribution in [0.25, 0.3) is 0 Å². The maximum absolute atomic E-state index is 12.1. The number of carbonyl (C=O) groups excluding carboxylic acids is 2. The summed E-state index contributed by atoms with van der Waals surface area (Å²) in [6.07, 6.45) is 2.62. The Bertz CT molecular complexity index is 225. The number of rotatable bonds is 0. The number of hydrogen-bond donors (Lipinski definition) is 0. The van der Waals surface area contributed by atoms with Crippen molar-refractivity contribution in [2.24, 2.45) is 0 Å². The fourth-order valence-electron chi connectivity index (χ4n) is 0.482. The van der Waals surface area contributed by atoms with Crippen LogP contribution in [0.4, 0.5) is 4.39 Å². The van der Waals surface area contributed by atoms with Gasteiger partial charge in [-0.25, -0.2) is 4.39 Å². The first-order valence-corrected chi connectivity index (χ1v) is 2.34. The lowest BCUT2D eigenvalue weighted by Crippen LogP contribution is -2.02. The van der Waals surface area contributed by atoms with Crippen LogP contribution in [-0.2, 0) is 9.59 Å². The molecule has 0 fully saturated rings. The summed E-state index contributed by atoms with van der Waals surface area (Å²) in [5.41, 5.74) is 0. The van der Waals surface area contributed by atoms with Crippen molar-refractivity contribution in [1.82, 2.24) is 0 Å². The van der Waals surface area contributed by atoms with Crippen molar-refractivity contribution in [1.29, 1.82) is 0 Å². The second-order valence-corrected chi connectivity index (χ2v) is 1.59. The highest BCUT2D eigenvalue weighted by atomic mass is 19.1. The lowest BCUT2D eigenvalue weighted by Gasteiger charge is -1.93. The van der Waals surface area contributed by atoms with Gasteiger partial charge in [0.1, 0.15) is 0 Å². The van der Waals surface area contributed by atoms with E-state index in [1.165, 1.54) is 0 Å². The third-order valence-electron chi connectivity index (χ3n) is 0.903. The molecule has 0 spiro atoms. The first kappa shape index (κ1) is 5.88. The molecule has 1 aliphatic carbocycles. The van der Waals surface area contributed by atoms with Gasteiger partial charge in [0.05, 0.1) is 0 Å². The van der Waals surface area contributed by atoms with E-state index in [2.05, 4.69) is 0 Å². The third-order valence-corrected chi connectivity index (χ3v) is 0.903. The zero-order chi connectivity index (χ0) is 6.85. The Hall–Kier alpha value is -1.25. The van der Waals surface area contributed by atoms with Crippen molar-refractivity contribution in [3.8, 4) is 0 Å². The van der Waals surface area contributed by atoms with E-state index in [1.807, 2.05) is 0 Å². The van der Waals surface area contributed by atoms with Crippen LogP contribution in [-0.4, -0.2) is 11.6 Å². The highest BCUT2D eigenvalue weighted by Crippen LogP contribution is 2.04. The lowest BCUT2D eigenvalue weighted by molar-refractivity contribution is -0.115. The van der Waals surface area contributed by atoms with Gasteiger partial charge in [-0.15, -0.1) is 0 Å². The quantitative estimate of drug-likeness (QED) is 0.444. The molecule has 0 bridgehead atoms. The first-order valence-electron chi connectivity index (χ1n) is 2.34. The van der Waals surface area contributed by atoms with Crippen LogP contribution in [0.5, 0.6) is 0 Å². The van der Waals surface area contributed by atoms with Gasteiger partial charge in [-0.2, -0.15) is 0 Å². The molecule has 0 N–H and O–H groups in total. The van der Waals surface area contributed by atoms with Crippen molar-refractivity contribution in [2.75, 3.05) is 0 Å². The fraction of sp³-hybridized carbons (Fsp3) is 0. The monoisotopic (exact) mass is 126 g/mol. The molecule has 0 unspecified atom stereocenters. The molecule has 0 aromatic carbocycles. The number of allylic oxidation sites excluding steroid dienone is 4. The Labute approximate surface area is 50.7 Å². The Morgan fingerprint density at radius 1 is 1.22 bits per heavy atom. The van der Waals surface area contributed by atoms with Crippen molar-refractivity contribution in [2.45, 2.75) is 0 Å². The van der Waals surface area contributed by atoms with Gasteiger partial charge in [0, 0.05) is 6.08 Å². The van der Waals surface area contributed by atoms with Crippen molar-refractivity contribution in [3.63, 3.8) is 0 Å². The summed E-state index contributed by atoms with van der Waals surface area (Å²) < 4.78 is 12.1. The number of carbonyl (C=O) groups is 2. The Morgan fingerprint density at radius 3 is 2.33 bits per heavy atom. The van der Waals surface area contributed by atoms with Gasteiger partial charge in [0.25, 0.3) is 0 Å². The van der Waals surface area contributed by atoms with Gasteiger partial charge < -0.3 is 0 Å². The molecule has 0 aliphatic heterocycles. The van der Waals surface area contributed by atoms with Crippen LogP contribution in [0.2, 0.25) is 0 Å². The lowest BCUT2D eigenvalue weighted by atomic mass is 10.1. The fourth-order valence-corrected chi connectivity index (χ4v) is 0.482. The maximum Gasteiger partial charge on any atom is 0.214 e. The largest absolute Gasteiger partial charge is 0.290 e. The maximum atomic E-state index is 12.1. The molecule has 1 rings (SSSR count). The van der Waals surface area contributed by atoms with E-state index < -0.39 is 17.4 Å². The van der Waals surface area contributed by atoms with Crippen molar-refractivity contribution in [3.05, 3.63) is 24.1 Å². The highest BCUT2D eigenvalue weighted by Gasteiger charge is 2.10. The molecular formula is C6H3FO2. The average molecular weight is 126 g/mol. The molecule has 2 nitrogen and oxygen atoms in total. The molecule has 0 saturated carbocycles. The van der Waals surface area contributed by atoms with Crippen LogP contribution in [0.1, 0.15) is 0 Å². The topological polar surface area (TPSA) is 34.1 Å². The number of halogens is 1.